The predicted octanol–water partition coefficient (Wildman–Crippen LogP) is 3.87. The Labute approximate surface area is 114 Å². The van der Waals surface area contributed by atoms with Crippen molar-refractivity contribution in [3.8, 4) is 0 Å². The molecule has 0 aromatic carbocycles. The Balaban J connectivity index is 3.01. The molecule has 124 valence electrons. The first-order chi connectivity index (χ1) is 9.48. The van der Waals surface area contributed by atoms with E-state index in [4.69, 9.17) is 4.74 Å². The van der Waals surface area contributed by atoms with Gasteiger partial charge >= 0.3 is 24.2 Å². The fourth-order valence-electron chi connectivity index (χ4n) is 1.63. The molecule has 0 saturated carbocycles. The summed E-state index contributed by atoms with van der Waals surface area (Å²) in [6.07, 6.45) is -7.83. The number of ether oxygens (including phenoxy) is 2. The van der Waals surface area contributed by atoms with Crippen molar-refractivity contribution in [2.45, 2.75) is 49.9 Å². The summed E-state index contributed by atoms with van der Waals surface area (Å²) in [5.41, 5.74) is 0. The van der Waals surface area contributed by atoms with Gasteiger partial charge in [0.1, 0.15) is 6.10 Å². The van der Waals surface area contributed by atoms with Gasteiger partial charge in [0.25, 0.3) is 0 Å². The highest BCUT2D eigenvalue weighted by atomic mass is 19.4. The van der Waals surface area contributed by atoms with Gasteiger partial charge < -0.3 is 9.47 Å². The fourth-order valence-corrected chi connectivity index (χ4v) is 1.63. The van der Waals surface area contributed by atoms with Crippen LogP contribution in [-0.2, 0) is 9.47 Å². The van der Waals surface area contributed by atoms with Crippen LogP contribution < -0.4 is 0 Å². The molecule has 0 fully saturated rings. The van der Waals surface area contributed by atoms with E-state index in [0.29, 0.717) is 0 Å². The van der Waals surface area contributed by atoms with Crippen LogP contribution in [-0.4, -0.2) is 43.2 Å². The quantitative estimate of drug-likeness (QED) is 0.544. The first-order valence-corrected chi connectivity index (χ1v) is 5.83. The van der Waals surface area contributed by atoms with Crippen LogP contribution in [0.4, 0.5) is 35.1 Å². The highest BCUT2D eigenvalue weighted by Crippen LogP contribution is 2.51. The van der Waals surface area contributed by atoms with E-state index in [1.54, 1.807) is 0 Å². The third kappa shape index (κ3) is 3.15. The third-order valence-corrected chi connectivity index (χ3v) is 2.79. The maximum atomic E-state index is 13.6. The molecule has 1 rings (SSSR count). The summed E-state index contributed by atoms with van der Waals surface area (Å²) in [7, 11) is 0. The molecule has 1 aliphatic heterocycles. The molecule has 0 aromatic rings. The van der Waals surface area contributed by atoms with E-state index in [2.05, 4.69) is 4.74 Å². The van der Waals surface area contributed by atoms with Crippen molar-refractivity contribution in [3.05, 3.63) is 12.2 Å². The van der Waals surface area contributed by atoms with Crippen molar-refractivity contribution in [2.75, 3.05) is 6.61 Å². The lowest BCUT2D eigenvalue weighted by Gasteiger charge is -2.38. The Morgan fingerprint density at radius 2 is 1.76 bits per heavy atom. The molecule has 2 atom stereocenters. The van der Waals surface area contributed by atoms with E-state index in [1.807, 2.05) is 0 Å². The van der Waals surface area contributed by atoms with Gasteiger partial charge in [-0.1, -0.05) is 6.08 Å². The summed E-state index contributed by atoms with van der Waals surface area (Å²) >= 11 is 0. The summed E-state index contributed by atoms with van der Waals surface area (Å²) in [5.74, 6) is -18.0. The maximum absolute atomic E-state index is 13.6. The van der Waals surface area contributed by atoms with Crippen molar-refractivity contribution in [2.24, 2.45) is 0 Å². The van der Waals surface area contributed by atoms with E-state index in [9.17, 15) is 35.1 Å². The summed E-state index contributed by atoms with van der Waals surface area (Å²) in [4.78, 5) is 0. The summed E-state index contributed by atoms with van der Waals surface area (Å²) < 4.78 is 112. The van der Waals surface area contributed by atoms with Crippen LogP contribution in [0, 0.1) is 0 Å². The topological polar surface area (TPSA) is 18.5 Å². The Kier molecular flexibility index (Phi) is 5.25. The smallest absolute Gasteiger partial charge is 0.349 e. The Bertz CT molecular complexity index is 382. The van der Waals surface area contributed by atoms with Crippen molar-refractivity contribution in [3.63, 3.8) is 0 Å². The number of halogens is 8. The zero-order valence-electron chi connectivity index (χ0n) is 10.6. The second-order valence-electron chi connectivity index (χ2n) is 4.23. The predicted molar refractivity (Wildman–Crippen MR) is 54.9 cm³/mol. The van der Waals surface area contributed by atoms with Gasteiger partial charge in [-0.05, 0) is 19.4 Å². The fraction of sp³-hybridized carbons (Fsp3) is 0.818. The van der Waals surface area contributed by atoms with E-state index in [0.717, 1.165) is 12.2 Å². The summed E-state index contributed by atoms with van der Waals surface area (Å²) in [5, 5.41) is 0. The molecule has 0 amide bonds. The van der Waals surface area contributed by atoms with Crippen molar-refractivity contribution in [1.82, 2.24) is 0 Å². The molecular formula is C11H12F8O2. The Morgan fingerprint density at radius 3 is 2.24 bits per heavy atom. The molecule has 2 nitrogen and oxygen atoms in total. The normalized spacial score (nSPS) is 24.7. The third-order valence-electron chi connectivity index (χ3n) is 2.79. The minimum atomic E-state index is -6.28. The maximum Gasteiger partial charge on any atom is 0.380 e. The van der Waals surface area contributed by atoms with Crippen LogP contribution in [0.25, 0.3) is 0 Å². The summed E-state index contributed by atoms with van der Waals surface area (Å²) in [6, 6.07) is 0. The second-order valence-corrected chi connectivity index (χ2v) is 4.23. The van der Waals surface area contributed by atoms with Crippen LogP contribution in [0.3, 0.4) is 0 Å². The Hall–Kier alpha value is -0.900. The molecule has 1 aliphatic rings. The van der Waals surface area contributed by atoms with E-state index < -0.39 is 43.0 Å². The molecule has 0 aliphatic carbocycles. The van der Waals surface area contributed by atoms with Gasteiger partial charge in [0.15, 0.2) is 6.29 Å². The summed E-state index contributed by atoms with van der Waals surface area (Å²) in [6.45, 7) is 1.44. The average molecular weight is 328 g/mol. The molecule has 0 spiro atoms. The second kappa shape index (κ2) is 6.07. The molecule has 0 saturated heterocycles. The van der Waals surface area contributed by atoms with Crippen molar-refractivity contribution in [1.29, 1.82) is 0 Å². The lowest BCUT2D eigenvalue weighted by Crippen LogP contribution is -2.62. The van der Waals surface area contributed by atoms with Gasteiger partial charge in [-0.25, -0.2) is 8.78 Å². The van der Waals surface area contributed by atoms with Gasteiger partial charge in [0.2, 0.25) is 0 Å². The zero-order chi connectivity index (χ0) is 16.5. The monoisotopic (exact) mass is 328 g/mol. The lowest BCUT2D eigenvalue weighted by molar-refractivity contribution is -0.366. The van der Waals surface area contributed by atoms with Gasteiger partial charge in [0.05, 0.1) is 0 Å². The van der Waals surface area contributed by atoms with Crippen LogP contribution >= 0.6 is 0 Å². The van der Waals surface area contributed by atoms with E-state index >= 15 is 0 Å². The molecular weight excluding hydrogens is 316 g/mol. The number of hydrogen-bond donors (Lipinski definition) is 0. The van der Waals surface area contributed by atoms with Crippen LogP contribution in [0.5, 0.6) is 0 Å². The highest BCUT2D eigenvalue weighted by Gasteiger charge is 2.77. The first-order valence-electron chi connectivity index (χ1n) is 5.83. The van der Waals surface area contributed by atoms with Gasteiger partial charge in [-0.15, -0.1) is 0 Å². The average Bonchev–Trinajstić information content (AvgIpc) is 2.38. The van der Waals surface area contributed by atoms with Crippen LogP contribution in [0.2, 0.25) is 0 Å². The number of hydrogen-bond acceptors (Lipinski definition) is 2. The molecule has 0 aromatic heterocycles. The number of alkyl halides is 8. The standard InChI is InChI=1S/C11H12F8O2/c1-2-20-7-5-3-4-6(21-7)9(14,15)11(18,19)10(16,17)8(12)13/h3,5-8H,2,4H2,1H3. The number of rotatable bonds is 6. The molecule has 10 heteroatoms. The molecule has 0 N–H and O–H groups in total. The molecule has 0 bridgehead atoms. The van der Waals surface area contributed by atoms with E-state index in [-0.39, 0.29) is 6.61 Å². The molecule has 1 heterocycles. The molecule has 21 heavy (non-hydrogen) atoms. The van der Waals surface area contributed by atoms with Crippen LogP contribution in [0.1, 0.15) is 13.3 Å². The van der Waals surface area contributed by atoms with Crippen molar-refractivity contribution < 1.29 is 44.6 Å². The van der Waals surface area contributed by atoms with Gasteiger partial charge in [-0.2, -0.15) is 26.3 Å². The van der Waals surface area contributed by atoms with Gasteiger partial charge in [-0.3, -0.25) is 0 Å². The van der Waals surface area contributed by atoms with Crippen LogP contribution in [0.15, 0.2) is 12.2 Å². The minimum absolute atomic E-state index is 0.0170. The Morgan fingerprint density at radius 1 is 1.19 bits per heavy atom. The molecule has 2 unspecified atom stereocenters. The SMILES string of the molecule is CCOC1C=CCC(C(F)(F)C(F)(F)C(F)(F)C(F)F)O1. The largest absolute Gasteiger partial charge is 0.380 e. The highest BCUT2D eigenvalue weighted by molar-refractivity contribution is 5.06. The van der Waals surface area contributed by atoms with Crippen molar-refractivity contribution >= 4 is 0 Å². The lowest BCUT2D eigenvalue weighted by atomic mass is 9.96. The first kappa shape index (κ1) is 18.1. The molecule has 0 radical (unpaired) electrons. The minimum Gasteiger partial charge on any atom is -0.349 e. The van der Waals surface area contributed by atoms with Gasteiger partial charge in [0, 0.05) is 6.61 Å². The van der Waals surface area contributed by atoms with E-state index in [1.165, 1.54) is 6.92 Å². The zero-order valence-corrected chi connectivity index (χ0v) is 10.6.